The standard InChI is InChI=1S/C17H17F3N4O/c1-9-6-11(17(18,19)20)7-12-15(9)16-22-14(25)8-13(24(16)23-12)10-2-4-21-5-3-10/h6-8,10,15,21H,2-5H2,1H3. The molecule has 1 fully saturated rings. The molecule has 0 amide bonds. The Morgan fingerprint density at radius 3 is 2.64 bits per heavy atom. The number of fused-ring (bicyclic) bond motifs is 3. The lowest BCUT2D eigenvalue weighted by molar-refractivity contribution is -0.0882. The third kappa shape index (κ3) is 2.74. The van der Waals surface area contributed by atoms with Crippen LogP contribution in [0.3, 0.4) is 0 Å². The highest BCUT2D eigenvalue weighted by atomic mass is 19.4. The molecule has 5 nitrogen and oxygen atoms in total. The van der Waals surface area contributed by atoms with Gasteiger partial charge in [0.25, 0.3) is 5.56 Å². The van der Waals surface area contributed by atoms with E-state index >= 15 is 0 Å². The van der Waals surface area contributed by atoms with Gasteiger partial charge in [-0.3, -0.25) is 4.79 Å². The molecule has 2 aliphatic heterocycles. The number of nitrogens with one attached hydrogen (secondary N) is 1. The van der Waals surface area contributed by atoms with Crippen molar-refractivity contribution in [1.82, 2.24) is 15.0 Å². The van der Waals surface area contributed by atoms with Gasteiger partial charge in [0.15, 0.2) is 0 Å². The lowest BCUT2D eigenvalue weighted by Gasteiger charge is -2.24. The number of halogens is 3. The van der Waals surface area contributed by atoms with Gasteiger partial charge in [0.2, 0.25) is 0 Å². The van der Waals surface area contributed by atoms with Crippen molar-refractivity contribution in [2.45, 2.75) is 37.8 Å². The molecule has 3 heterocycles. The fourth-order valence-electron chi connectivity index (χ4n) is 3.76. The van der Waals surface area contributed by atoms with Gasteiger partial charge in [0.1, 0.15) is 5.82 Å². The van der Waals surface area contributed by atoms with Crippen LogP contribution in [0.2, 0.25) is 0 Å². The van der Waals surface area contributed by atoms with Crippen LogP contribution in [0.25, 0.3) is 0 Å². The summed E-state index contributed by atoms with van der Waals surface area (Å²) in [6, 6.07) is 1.47. The molecule has 1 aromatic heterocycles. The van der Waals surface area contributed by atoms with E-state index in [1.807, 2.05) is 0 Å². The van der Waals surface area contributed by atoms with Gasteiger partial charge in [-0.1, -0.05) is 5.57 Å². The molecule has 0 spiro atoms. The number of hydrogen-bond acceptors (Lipinski definition) is 4. The van der Waals surface area contributed by atoms with Crippen LogP contribution in [0.15, 0.2) is 39.3 Å². The van der Waals surface area contributed by atoms with Gasteiger partial charge in [-0.05, 0) is 45.0 Å². The smallest absolute Gasteiger partial charge is 0.317 e. The summed E-state index contributed by atoms with van der Waals surface area (Å²) >= 11 is 0. The SMILES string of the molecule is CC1=CC(C(F)(F)F)=CC2=Nn3c(C4CCNCC4)cc(=O)nc3C12. The van der Waals surface area contributed by atoms with E-state index in [9.17, 15) is 18.0 Å². The van der Waals surface area contributed by atoms with E-state index in [0.29, 0.717) is 17.1 Å². The Bertz CT molecular complexity index is 873. The fraction of sp³-hybridized carbons (Fsp3) is 0.471. The van der Waals surface area contributed by atoms with Gasteiger partial charge in [0.05, 0.1) is 22.9 Å². The quantitative estimate of drug-likeness (QED) is 0.846. The largest absolute Gasteiger partial charge is 0.416 e. The van der Waals surface area contributed by atoms with Gasteiger partial charge in [-0.25, -0.2) is 4.68 Å². The predicted molar refractivity (Wildman–Crippen MR) is 86.8 cm³/mol. The lowest BCUT2D eigenvalue weighted by Crippen LogP contribution is -2.29. The molecular formula is C17H17F3N4O. The van der Waals surface area contributed by atoms with Crippen LogP contribution in [-0.2, 0) is 0 Å². The molecule has 0 aromatic carbocycles. The third-order valence-corrected chi connectivity index (χ3v) is 4.95. The first-order valence-electron chi connectivity index (χ1n) is 8.25. The van der Waals surface area contributed by atoms with Crippen molar-refractivity contribution in [2.75, 3.05) is 13.1 Å². The minimum atomic E-state index is -4.43. The van der Waals surface area contributed by atoms with Crippen LogP contribution in [0.4, 0.5) is 13.2 Å². The zero-order valence-electron chi connectivity index (χ0n) is 13.6. The van der Waals surface area contributed by atoms with E-state index in [4.69, 9.17) is 0 Å². The topological polar surface area (TPSA) is 59.3 Å². The summed E-state index contributed by atoms with van der Waals surface area (Å²) in [6.07, 6.45) is -0.539. The molecule has 1 saturated heterocycles. The minimum Gasteiger partial charge on any atom is -0.317 e. The molecule has 132 valence electrons. The van der Waals surface area contributed by atoms with Crippen molar-refractivity contribution in [1.29, 1.82) is 0 Å². The van der Waals surface area contributed by atoms with E-state index in [-0.39, 0.29) is 11.5 Å². The molecule has 1 atom stereocenters. The molecule has 25 heavy (non-hydrogen) atoms. The fourth-order valence-corrected chi connectivity index (χ4v) is 3.76. The summed E-state index contributed by atoms with van der Waals surface area (Å²) in [5, 5.41) is 7.66. The molecule has 4 rings (SSSR count). The molecule has 3 aliphatic rings. The maximum atomic E-state index is 13.1. The molecule has 1 unspecified atom stereocenters. The van der Waals surface area contributed by atoms with Gasteiger partial charge in [-0.15, -0.1) is 0 Å². The Kier molecular flexibility index (Phi) is 3.68. The van der Waals surface area contributed by atoms with E-state index in [1.165, 1.54) is 6.07 Å². The molecule has 0 radical (unpaired) electrons. The molecule has 0 bridgehead atoms. The first-order valence-corrected chi connectivity index (χ1v) is 8.25. The summed E-state index contributed by atoms with van der Waals surface area (Å²) in [4.78, 5) is 16.1. The summed E-state index contributed by atoms with van der Waals surface area (Å²) in [7, 11) is 0. The minimum absolute atomic E-state index is 0.149. The molecule has 1 aliphatic carbocycles. The first kappa shape index (κ1) is 16.3. The Morgan fingerprint density at radius 1 is 1.24 bits per heavy atom. The van der Waals surface area contributed by atoms with E-state index < -0.39 is 17.7 Å². The second-order valence-corrected chi connectivity index (χ2v) is 6.66. The van der Waals surface area contributed by atoms with Crippen LogP contribution in [0.1, 0.15) is 43.1 Å². The molecule has 1 aromatic rings. The van der Waals surface area contributed by atoms with E-state index in [2.05, 4.69) is 15.4 Å². The molecular weight excluding hydrogens is 333 g/mol. The monoisotopic (exact) mass is 350 g/mol. The van der Waals surface area contributed by atoms with Crippen LogP contribution >= 0.6 is 0 Å². The van der Waals surface area contributed by atoms with Gasteiger partial charge in [-0.2, -0.15) is 23.3 Å². The summed E-state index contributed by atoms with van der Waals surface area (Å²) in [6.45, 7) is 3.30. The first-order chi connectivity index (χ1) is 11.8. The maximum absolute atomic E-state index is 13.1. The van der Waals surface area contributed by atoms with Gasteiger partial charge in [0, 0.05) is 12.0 Å². The Labute approximate surface area is 142 Å². The third-order valence-electron chi connectivity index (χ3n) is 4.95. The van der Waals surface area contributed by atoms with Crippen molar-refractivity contribution in [3.8, 4) is 0 Å². The zero-order chi connectivity index (χ0) is 17.8. The summed E-state index contributed by atoms with van der Waals surface area (Å²) < 4.78 is 40.9. The number of aromatic nitrogens is 2. The van der Waals surface area contributed by atoms with Gasteiger partial charge >= 0.3 is 6.18 Å². The lowest BCUT2D eigenvalue weighted by atomic mass is 9.87. The number of allylic oxidation sites excluding steroid dienone is 4. The van der Waals surface area contributed by atoms with Crippen molar-refractivity contribution < 1.29 is 13.2 Å². The normalized spacial score (nSPS) is 23.5. The van der Waals surface area contributed by atoms with E-state index in [0.717, 1.165) is 43.8 Å². The Morgan fingerprint density at radius 2 is 1.96 bits per heavy atom. The molecule has 1 N–H and O–H groups in total. The number of rotatable bonds is 1. The number of alkyl halides is 3. The highest BCUT2D eigenvalue weighted by Crippen LogP contribution is 2.40. The second-order valence-electron chi connectivity index (χ2n) is 6.66. The zero-order valence-corrected chi connectivity index (χ0v) is 13.6. The van der Waals surface area contributed by atoms with Crippen LogP contribution < -0.4 is 10.9 Å². The van der Waals surface area contributed by atoms with Crippen LogP contribution in [0, 0.1) is 0 Å². The van der Waals surface area contributed by atoms with Gasteiger partial charge < -0.3 is 5.32 Å². The number of piperidine rings is 1. The summed E-state index contributed by atoms with van der Waals surface area (Å²) in [5.41, 5.74) is 0.441. The highest BCUT2D eigenvalue weighted by molar-refractivity contribution is 6.05. The Balaban J connectivity index is 1.84. The molecule has 8 heteroatoms. The van der Waals surface area contributed by atoms with Crippen molar-refractivity contribution in [2.24, 2.45) is 5.10 Å². The van der Waals surface area contributed by atoms with Crippen LogP contribution in [-0.4, -0.2) is 34.6 Å². The number of nitrogens with zero attached hydrogens (tertiary/aromatic N) is 3. The van der Waals surface area contributed by atoms with E-state index in [1.54, 1.807) is 11.6 Å². The average Bonchev–Trinajstić information content (AvgIpc) is 2.93. The Hall–Kier alpha value is -2.22. The highest BCUT2D eigenvalue weighted by Gasteiger charge is 2.40. The summed E-state index contributed by atoms with van der Waals surface area (Å²) in [5.74, 6) is 0.0817. The van der Waals surface area contributed by atoms with Crippen molar-refractivity contribution in [3.63, 3.8) is 0 Å². The van der Waals surface area contributed by atoms with Crippen LogP contribution in [0.5, 0.6) is 0 Å². The molecule has 0 saturated carbocycles. The predicted octanol–water partition coefficient (Wildman–Crippen LogP) is 2.46. The average molecular weight is 350 g/mol. The second kappa shape index (κ2) is 5.66. The van der Waals surface area contributed by atoms with Crippen molar-refractivity contribution >= 4 is 5.71 Å². The maximum Gasteiger partial charge on any atom is 0.416 e. The van der Waals surface area contributed by atoms with Crippen molar-refractivity contribution in [3.05, 3.63) is 51.2 Å². The number of hydrogen-bond donors (Lipinski definition) is 1.